The first kappa shape index (κ1) is 18.7. The van der Waals surface area contributed by atoms with E-state index >= 15 is 0 Å². The molecule has 0 aliphatic carbocycles. The number of rotatable bonds is 6. The van der Waals surface area contributed by atoms with Gasteiger partial charge in [-0.3, -0.25) is 0 Å². The quantitative estimate of drug-likeness (QED) is 0.459. The molecule has 0 radical (unpaired) electrons. The van der Waals surface area contributed by atoms with Gasteiger partial charge in [0.25, 0.3) is 5.92 Å². The molecule has 0 aromatic heterocycles. The number of allylic oxidation sites excluding steroid dienone is 1. The van der Waals surface area contributed by atoms with Crippen LogP contribution in [0.25, 0.3) is 0 Å². The van der Waals surface area contributed by atoms with Crippen molar-refractivity contribution in [3.05, 3.63) is 11.1 Å². The van der Waals surface area contributed by atoms with Gasteiger partial charge in [0.2, 0.25) is 17.3 Å². The van der Waals surface area contributed by atoms with E-state index in [9.17, 15) is 39.5 Å². The molecule has 0 aliphatic rings. The lowest BCUT2D eigenvalue weighted by Gasteiger charge is -2.31. The molecule has 0 rings (SSSR count). The van der Waals surface area contributed by atoms with E-state index < -0.39 is 47.4 Å². The lowest BCUT2D eigenvalue weighted by molar-refractivity contribution is -0.268. The van der Waals surface area contributed by atoms with Gasteiger partial charge in [-0.05, 0) is 11.6 Å². The van der Waals surface area contributed by atoms with Crippen molar-refractivity contribution < 1.29 is 39.5 Å². The Hall–Kier alpha value is -0.310. The van der Waals surface area contributed by atoms with Crippen molar-refractivity contribution in [3.8, 4) is 0 Å². The van der Waals surface area contributed by atoms with Crippen LogP contribution in [0.3, 0.4) is 0 Å². The lowest BCUT2D eigenvalue weighted by Crippen LogP contribution is -2.55. The smallest absolute Gasteiger partial charge is 0.234 e. The molecule has 1 unspecified atom stereocenters. The van der Waals surface area contributed by atoms with Crippen LogP contribution in [0, 0.1) is 0 Å². The first-order valence-electron chi connectivity index (χ1n) is 4.37. The second-order valence-electron chi connectivity index (χ2n) is 3.33. The molecule has 0 saturated carbocycles. The van der Waals surface area contributed by atoms with Crippen LogP contribution in [0.4, 0.5) is 39.5 Å². The summed E-state index contributed by atoms with van der Waals surface area (Å²) in [4.78, 5) is 0. The Morgan fingerprint density at radius 2 is 1.42 bits per heavy atom. The Morgan fingerprint density at radius 3 is 1.74 bits per heavy atom. The number of hydrogen-bond donors (Lipinski definition) is 0. The monoisotopic (exact) mass is 342 g/mol. The van der Waals surface area contributed by atoms with Crippen LogP contribution < -0.4 is 0 Å². The Morgan fingerprint density at radius 1 is 1.00 bits per heavy atom. The van der Waals surface area contributed by atoms with E-state index in [4.69, 9.17) is 11.6 Å². The van der Waals surface area contributed by atoms with E-state index in [2.05, 4.69) is 11.6 Å². The molecular formula is C8H5Cl2F9. The molecule has 0 amide bonds. The maximum absolute atomic E-state index is 12.9. The van der Waals surface area contributed by atoms with Crippen molar-refractivity contribution in [2.24, 2.45) is 0 Å². The molecule has 1 atom stereocenters. The zero-order chi connectivity index (χ0) is 15.6. The molecule has 0 N–H and O–H groups in total. The van der Waals surface area contributed by atoms with Crippen molar-refractivity contribution in [3.63, 3.8) is 0 Å². The minimum absolute atomic E-state index is 1.02. The molecule has 19 heavy (non-hydrogen) atoms. The summed E-state index contributed by atoms with van der Waals surface area (Å²) in [6.45, 7) is 0. The highest BCUT2D eigenvalue weighted by Gasteiger charge is 2.71. The van der Waals surface area contributed by atoms with Gasteiger partial charge < -0.3 is 0 Å². The van der Waals surface area contributed by atoms with Crippen molar-refractivity contribution >= 4 is 23.2 Å². The van der Waals surface area contributed by atoms with E-state index in [1.54, 1.807) is 0 Å². The summed E-state index contributed by atoms with van der Waals surface area (Å²) < 4.78 is 114. The molecule has 114 valence electrons. The van der Waals surface area contributed by atoms with Gasteiger partial charge in [-0.1, -0.05) is 0 Å². The fraction of sp³-hybridized carbons (Fsp3) is 0.750. The van der Waals surface area contributed by atoms with Crippen LogP contribution in [-0.2, 0) is 0 Å². The van der Waals surface area contributed by atoms with Crippen LogP contribution in [-0.4, -0.2) is 29.8 Å². The van der Waals surface area contributed by atoms with Crippen LogP contribution in [0.15, 0.2) is 11.1 Å². The topological polar surface area (TPSA) is 0 Å². The van der Waals surface area contributed by atoms with Crippen molar-refractivity contribution in [1.29, 1.82) is 0 Å². The fourth-order valence-corrected chi connectivity index (χ4v) is 1.31. The summed E-state index contributed by atoms with van der Waals surface area (Å²) in [5, 5.41) is -2.89. The first-order chi connectivity index (χ1) is 8.32. The predicted octanol–water partition coefficient (Wildman–Crippen LogP) is 5.21. The summed E-state index contributed by atoms with van der Waals surface area (Å²) in [7, 11) is 0. The molecule has 0 saturated heterocycles. The molecule has 0 aliphatic heterocycles. The molecule has 0 bridgehead atoms. The molecule has 0 aromatic carbocycles. The number of halogens is 11. The summed E-state index contributed by atoms with van der Waals surface area (Å²) in [6.07, 6.45) is -6.48. The van der Waals surface area contributed by atoms with Gasteiger partial charge in [-0.15, -0.1) is 11.6 Å². The molecule has 0 aromatic rings. The van der Waals surface area contributed by atoms with E-state index in [0.717, 1.165) is 0 Å². The second kappa shape index (κ2) is 5.99. The maximum Gasteiger partial charge on any atom is 0.367 e. The van der Waals surface area contributed by atoms with Crippen LogP contribution >= 0.6 is 23.2 Å². The van der Waals surface area contributed by atoms with Gasteiger partial charge in [0.05, 0.1) is 0 Å². The summed E-state index contributed by atoms with van der Waals surface area (Å²) in [5.41, 5.74) is 0. The van der Waals surface area contributed by atoms with Gasteiger partial charge in [0, 0.05) is 12.3 Å². The number of alkyl halides is 8. The zero-order valence-corrected chi connectivity index (χ0v) is 10.2. The lowest BCUT2D eigenvalue weighted by atomic mass is 9.99. The van der Waals surface area contributed by atoms with Gasteiger partial charge in [-0.2, -0.15) is 22.0 Å². The maximum atomic E-state index is 12.9. The molecule has 0 heterocycles. The van der Waals surface area contributed by atoms with Crippen LogP contribution in [0.1, 0.15) is 6.42 Å². The zero-order valence-electron chi connectivity index (χ0n) is 8.65. The van der Waals surface area contributed by atoms with Crippen molar-refractivity contribution in [2.75, 3.05) is 5.88 Å². The second-order valence-corrected chi connectivity index (χ2v) is 4.04. The third-order valence-electron chi connectivity index (χ3n) is 1.98. The Labute approximate surface area is 111 Å². The number of hydrogen-bond acceptors (Lipinski definition) is 0. The minimum Gasteiger partial charge on any atom is -0.234 e. The third-order valence-corrected chi connectivity index (χ3v) is 2.33. The van der Waals surface area contributed by atoms with Gasteiger partial charge >= 0.3 is 11.8 Å². The largest absolute Gasteiger partial charge is 0.367 e. The first-order valence-corrected chi connectivity index (χ1v) is 5.28. The highest BCUT2D eigenvalue weighted by Crippen LogP contribution is 2.49. The SMILES string of the molecule is FC(Cl)=C(F)C(F)(F)C(F)(F)C(F)C(F)(F)CCCl. The Balaban J connectivity index is 5.55. The molecular weight excluding hydrogens is 338 g/mol. The van der Waals surface area contributed by atoms with Gasteiger partial charge in [0.15, 0.2) is 0 Å². The van der Waals surface area contributed by atoms with Gasteiger partial charge in [-0.25, -0.2) is 17.6 Å². The summed E-state index contributed by atoms with van der Waals surface area (Å²) in [5.74, 6) is -21.9. The Kier molecular flexibility index (Phi) is 5.89. The normalized spacial score (nSPS) is 17.2. The highest BCUT2D eigenvalue weighted by atomic mass is 35.5. The third kappa shape index (κ3) is 3.62. The van der Waals surface area contributed by atoms with Crippen molar-refractivity contribution in [1.82, 2.24) is 0 Å². The average Bonchev–Trinajstić information content (AvgIpc) is 2.26. The molecule has 0 nitrogen and oxygen atoms in total. The minimum atomic E-state index is -6.22. The predicted molar refractivity (Wildman–Crippen MR) is 50.2 cm³/mol. The molecule has 0 spiro atoms. The van der Waals surface area contributed by atoms with E-state index in [1.807, 2.05) is 0 Å². The molecule has 0 fully saturated rings. The summed E-state index contributed by atoms with van der Waals surface area (Å²) >= 11 is 8.86. The summed E-state index contributed by atoms with van der Waals surface area (Å²) in [6, 6.07) is 0. The van der Waals surface area contributed by atoms with E-state index in [-0.39, 0.29) is 0 Å². The van der Waals surface area contributed by atoms with Crippen LogP contribution in [0.2, 0.25) is 0 Å². The van der Waals surface area contributed by atoms with Crippen LogP contribution in [0.5, 0.6) is 0 Å². The average molecular weight is 343 g/mol. The standard InChI is InChI=1S/C8H5Cl2F9/c9-2-1-6(14,15)5(13)8(18,19)7(16,17)3(11)4(10)12/h5H,1-2H2. The van der Waals surface area contributed by atoms with Gasteiger partial charge in [0.1, 0.15) is 0 Å². The van der Waals surface area contributed by atoms with E-state index in [0.29, 0.717) is 0 Å². The van der Waals surface area contributed by atoms with Crippen molar-refractivity contribution in [2.45, 2.75) is 30.4 Å². The van der Waals surface area contributed by atoms with E-state index in [1.165, 1.54) is 0 Å². The molecule has 11 heteroatoms. The fourth-order valence-electron chi connectivity index (χ4n) is 0.942. The Bertz CT molecular complexity index is 348. The highest BCUT2D eigenvalue weighted by molar-refractivity contribution is 6.28.